The van der Waals surface area contributed by atoms with E-state index in [-0.39, 0.29) is 12.0 Å². The van der Waals surface area contributed by atoms with E-state index >= 15 is 0 Å². The van der Waals surface area contributed by atoms with Crippen LogP contribution < -0.4 is 10.5 Å². The number of hydrogen-bond acceptors (Lipinski definition) is 3. The first-order chi connectivity index (χ1) is 8.77. The zero-order chi connectivity index (χ0) is 12.5. The number of hydrogen-bond donors (Lipinski definition) is 1. The Labute approximate surface area is 106 Å². The van der Waals surface area contributed by atoms with Crippen molar-refractivity contribution in [1.82, 2.24) is 9.55 Å². The Morgan fingerprint density at radius 2 is 2.28 bits per heavy atom. The van der Waals surface area contributed by atoms with E-state index in [1.807, 2.05) is 36.0 Å². The summed E-state index contributed by atoms with van der Waals surface area (Å²) in [5.41, 5.74) is 7.58. The summed E-state index contributed by atoms with van der Waals surface area (Å²) in [4.78, 5) is 4.36. The van der Waals surface area contributed by atoms with Gasteiger partial charge in [0.05, 0.1) is 12.6 Å². The third kappa shape index (κ3) is 1.78. The Morgan fingerprint density at radius 1 is 1.44 bits per heavy atom. The molecule has 0 amide bonds. The van der Waals surface area contributed by atoms with E-state index in [9.17, 15) is 0 Å². The predicted octanol–water partition coefficient (Wildman–Crippen LogP) is 1.99. The first kappa shape index (κ1) is 11.3. The molecule has 4 heteroatoms. The Kier molecular flexibility index (Phi) is 2.80. The SMILES string of the molecule is Cn1ccnc1C(N)C1CCOc2ccccc21. The Bertz CT molecular complexity index is 549. The largest absolute Gasteiger partial charge is 0.493 e. The number of aryl methyl sites for hydroxylation is 1. The van der Waals surface area contributed by atoms with E-state index in [1.165, 1.54) is 5.56 Å². The van der Waals surface area contributed by atoms with Gasteiger partial charge < -0.3 is 15.0 Å². The van der Waals surface area contributed by atoms with Gasteiger partial charge in [-0.1, -0.05) is 18.2 Å². The summed E-state index contributed by atoms with van der Waals surface area (Å²) in [7, 11) is 1.98. The fraction of sp³-hybridized carbons (Fsp3) is 0.357. The molecule has 0 aliphatic carbocycles. The molecule has 4 nitrogen and oxygen atoms in total. The molecule has 2 aromatic rings. The zero-order valence-corrected chi connectivity index (χ0v) is 10.4. The standard InChI is InChI=1S/C14H17N3O/c1-17-8-7-16-14(17)13(15)11-6-9-18-12-5-3-2-4-10(11)12/h2-5,7-8,11,13H,6,9,15H2,1H3. The van der Waals surface area contributed by atoms with Gasteiger partial charge in [-0.2, -0.15) is 0 Å². The molecular formula is C14H17N3O. The second-order valence-corrected chi connectivity index (χ2v) is 4.70. The number of nitrogens with zero attached hydrogens (tertiary/aromatic N) is 2. The summed E-state index contributed by atoms with van der Waals surface area (Å²) in [6.07, 6.45) is 4.66. The molecule has 18 heavy (non-hydrogen) atoms. The van der Waals surface area contributed by atoms with Gasteiger partial charge in [-0.25, -0.2) is 4.98 Å². The molecule has 2 atom stereocenters. The highest BCUT2D eigenvalue weighted by Gasteiger charge is 2.29. The first-order valence-electron chi connectivity index (χ1n) is 6.22. The average molecular weight is 243 g/mol. The molecule has 2 unspecified atom stereocenters. The van der Waals surface area contributed by atoms with Gasteiger partial charge >= 0.3 is 0 Å². The summed E-state index contributed by atoms with van der Waals surface area (Å²) in [6.45, 7) is 0.722. The van der Waals surface area contributed by atoms with Crippen LogP contribution in [0.3, 0.4) is 0 Å². The number of aromatic nitrogens is 2. The fourth-order valence-electron chi connectivity index (χ4n) is 2.62. The number of fused-ring (bicyclic) bond motifs is 1. The Morgan fingerprint density at radius 3 is 3.06 bits per heavy atom. The smallest absolute Gasteiger partial charge is 0.125 e. The maximum absolute atomic E-state index is 6.39. The number of rotatable bonds is 2. The average Bonchev–Trinajstić information content (AvgIpc) is 2.83. The van der Waals surface area contributed by atoms with Crippen LogP contribution in [-0.4, -0.2) is 16.2 Å². The lowest BCUT2D eigenvalue weighted by Gasteiger charge is -2.29. The van der Waals surface area contributed by atoms with Crippen molar-refractivity contribution in [2.75, 3.05) is 6.61 Å². The molecule has 0 fully saturated rings. The van der Waals surface area contributed by atoms with Crippen LogP contribution in [0.25, 0.3) is 0 Å². The van der Waals surface area contributed by atoms with Crippen molar-refractivity contribution in [2.24, 2.45) is 12.8 Å². The summed E-state index contributed by atoms with van der Waals surface area (Å²) in [6, 6.07) is 8.04. The highest BCUT2D eigenvalue weighted by Crippen LogP contribution is 2.39. The zero-order valence-electron chi connectivity index (χ0n) is 10.4. The van der Waals surface area contributed by atoms with Crippen molar-refractivity contribution in [3.63, 3.8) is 0 Å². The van der Waals surface area contributed by atoms with E-state index in [4.69, 9.17) is 10.5 Å². The summed E-state index contributed by atoms with van der Waals surface area (Å²) < 4.78 is 7.66. The molecular weight excluding hydrogens is 226 g/mol. The van der Waals surface area contributed by atoms with E-state index in [2.05, 4.69) is 11.1 Å². The lowest BCUT2D eigenvalue weighted by molar-refractivity contribution is 0.253. The van der Waals surface area contributed by atoms with Crippen LogP contribution in [0.5, 0.6) is 5.75 Å². The molecule has 1 aliphatic rings. The van der Waals surface area contributed by atoms with Crippen molar-refractivity contribution in [2.45, 2.75) is 18.4 Å². The highest BCUT2D eigenvalue weighted by molar-refractivity contribution is 5.39. The molecule has 0 spiro atoms. The van der Waals surface area contributed by atoms with E-state index in [1.54, 1.807) is 6.20 Å². The minimum atomic E-state index is -0.0879. The number of ether oxygens (including phenoxy) is 1. The van der Waals surface area contributed by atoms with Crippen LogP contribution in [0.4, 0.5) is 0 Å². The second kappa shape index (κ2) is 4.46. The monoisotopic (exact) mass is 243 g/mol. The maximum atomic E-state index is 6.39. The van der Waals surface area contributed by atoms with Gasteiger partial charge in [0.15, 0.2) is 0 Å². The summed E-state index contributed by atoms with van der Waals surface area (Å²) in [5.74, 6) is 2.16. The topological polar surface area (TPSA) is 53.1 Å². The minimum Gasteiger partial charge on any atom is -0.493 e. The molecule has 2 N–H and O–H groups in total. The van der Waals surface area contributed by atoms with Crippen LogP contribution in [-0.2, 0) is 7.05 Å². The quantitative estimate of drug-likeness (QED) is 0.877. The summed E-state index contributed by atoms with van der Waals surface area (Å²) in [5, 5.41) is 0. The molecule has 1 aromatic carbocycles. The molecule has 0 saturated carbocycles. The lowest BCUT2D eigenvalue weighted by Crippen LogP contribution is -2.27. The van der Waals surface area contributed by atoms with Gasteiger partial charge in [-0.3, -0.25) is 0 Å². The van der Waals surface area contributed by atoms with Crippen LogP contribution in [0, 0.1) is 0 Å². The molecule has 3 rings (SSSR count). The normalized spacial score (nSPS) is 20.0. The Hall–Kier alpha value is -1.81. The molecule has 1 aromatic heterocycles. The van der Waals surface area contributed by atoms with Crippen molar-refractivity contribution >= 4 is 0 Å². The maximum Gasteiger partial charge on any atom is 0.125 e. The third-order valence-corrected chi connectivity index (χ3v) is 3.59. The Balaban J connectivity index is 1.97. The number of nitrogens with two attached hydrogens (primary N) is 1. The molecule has 1 aliphatic heterocycles. The van der Waals surface area contributed by atoms with Gasteiger partial charge in [0.25, 0.3) is 0 Å². The minimum absolute atomic E-state index is 0.0879. The molecule has 2 heterocycles. The fourth-order valence-corrected chi connectivity index (χ4v) is 2.62. The molecule has 0 radical (unpaired) electrons. The van der Waals surface area contributed by atoms with Crippen molar-refractivity contribution in [3.05, 3.63) is 48.0 Å². The van der Waals surface area contributed by atoms with Gasteiger partial charge in [-0.05, 0) is 18.1 Å². The van der Waals surface area contributed by atoms with E-state index in [0.717, 1.165) is 24.6 Å². The van der Waals surface area contributed by atoms with Crippen molar-refractivity contribution in [3.8, 4) is 5.75 Å². The van der Waals surface area contributed by atoms with E-state index in [0.29, 0.717) is 0 Å². The predicted molar refractivity (Wildman–Crippen MR) is 69.4 cm³/mol. The number of para-hydroxylation sites is 1. The van der Waals surface area contributed by atoms with Crippen LogP contribution in [0.15, 0.2) is 36.7 Å². The first-order valence-corrected chi connectivity index (χ1v) is 6.22. The van der Waals surface area contributed by atoms with Gasteiger partial charge in [-0.15, -0.1) is 0 Å². The number of benzene rings is 1. The molecule has 94 valence electrons. The van der Waals surface area contributed by atoms with Gasteiger partial charge in [0.1, 0.15) is 11.6 Å². The van der Waals surface area contributed by atoms with Gasteiger partial charge in [0.2, 0.25) is 0 Å². The number of imidazole rings is 1. The third-order valence-electron chi connectivity index (χ3n) is 3.59. The van der Waals surface area contributed by atoms with Crippen LogP contribution in [0.1, 0.15) is 29.8 Å². The van der Waals surface area contributed by atoms with E-state index < -0.39 is 0 Å². The van der Waals surface area contributed by atoms with Crippen LogP contribution in [0.2, 0.25) is 0 Å². The molecule has 0 saturated heterocycles. The van der Waals surface area contributed by atoms with Crippen molar-refractivity contribution in [1.29, 1.82) is 0 Å². The molecule has 0 bridgehead atoms. The lowest BCUT2D eigenvalue weighted by atomic mass is 9.86. The highest BCUT2D eigenvalue weighted by atomic mass is 16.5. The van der Waals surface area contributed by atoms with Crippen molar-refractivity contribution < 1.29 is 4.74 Å². The second-order valence-electron chi connectivity index (χ2n) is 4.70. The van der Waals surface area contributed by atoms with Crippen LogP contribution >= 0.6 is 0 Å². The van der Waals surface area contributed by atoms with Gasteiger partial charge in [0, 0.05) is 25.4 Å². The summed E-state index contributed by atoms with van der Waals surface area (Å²) >= 11 is 0.